The van der Waals surface area contributed by atoms with E-state index < -0.39 is 0 Å². The highest BCUT2D eigenvalue weighted by molar-refractivity contribution is 7.07. The van der Waals surface area contributed by atoms with Crippen LogP contribution in [0.15, 0.2) is 29.1 Å². The lowest BCUT2D eigenvalue weighted by Gasteiger charge is -2.18. The lowest BCUT2D eigenvalue weighted by Crippen LogP contribution is -2.17. The molecular weight excluding hydrogens is 237 g/mol. The maximum Gasteiger partial charge on any atom is 0.147 e. The minimum Gasteiger partial charge on any atom is -0.366 e. The van der Waals surface area contributed by atoms with Gasteiger partial charge in [0.1, 0.15) is 5.82 Å². The second-order valence-corrected chi connectivity index (χ2v) is 4.33. The molecule has 1 heterocycles. The van der Waals surface area contributed by atoms with Crippen molar-refractivity contribution < 1.29 is 4.39 Å². The topological polar surface area (TPSA) is 39.9 Å². The molecule has 5 heteroatoms. The highest BCUT2D eigenvalue weighted by Crippen LogP contribution is 2.20. The van der Waals surface area contributed by atoms with E-state index in [4.69, 9.17) is 5.26 Å². The van der Waals surface area contributed by atoms with Gasteiger partial charge in [-0.15, -0.1) is 11.3 Å². The van der Waals surface area contributed by atoms with Crippen molar-refractivity contribution in [2.24, 2.45) is 0 Å². The fraction of sp³-hybridized carbons (Fsp3) is 0.167. The standard InChI is InChI=1S/C12H10FN3S/c1-16(6-10-7-17-8-15-10)12-3-2-9(5-14)4-11(12)13/h2-4,7-8H,6H2,1H3. The lowest BCUT2D eigenvalue weighted by atomic mass is 10.2. The first-order chi connectivity index (χ1) is 8.20. The van der Waals surface area contributed by atoms with Crippen molar-refractivity contribution in [3.8, 4) is 6.07 Å². The Bertz CT molecular complexity index is 545. The summed E-state index contributed by atoms with van der Waals surface area (Å²) in [5.74, 6) is -0.387. The van der Waals surface area contributed by atoms with Crippen LogP contribution in [0, 0.1) is 17.1 Å². The Hall–Kier alpha value is -1.93. The third-order valence-electron chi connectivity index (χ3n) is 2.37. The van der Waals surface area contributed by atoms with Crippen LogP contribution in [-0.4, -0.2) is 12.0 Å². The van der Waals surface area contributed by atoms with Gasteiger partial charge in [0.2, 0.25) is 0 Å². The van der Waals surface area contributed by atoms with Crippen LogP contribution >= 0.6 is 11.3 Å². The fourth-order valence-corrected chi connectivity index (χ4v) is 2.08. The molecule has 2 aromatic rings. The Morgan fingerprint density at radius 1 is 1.53 bits per heavy atom. The molecule has 0 fully saturated rings. The van der Waals surface area contributed by atoms with Crippen molar-refractivity contribution >= 4 is 17.0 Å². The van der Waals surface area contributed by atoms with Crippen LogP contribution in [-0.2, 0) is 6.54 Å². The average molecular weight is 247 g/mol. The molecule has 0 radical (unpaired) electrons. The van der Waals surface area contributed by atoms with E-state index in [1.165, 1.54) is 17.4 Å². The molecule has 0 aliphatic rings. The number of nitrogens with zero attached hydrogens (tertiary/aromatic N) is 3. The van der Waals surface area contributed by atoms with Gasteiger partial charge in [0.05, 0.1) is 35.1 Å². The lowest BCUT2D eigenvalue weighted by molar-refractivity contribution is 0.621. The first-order valence-corrected chi connectivity index (χ1v) is 5.93. The van der Waals surface area contributed by atoms with Gasteiger partial charge in [-0.05, 0) is 18.2 Å². The quantitative estimate of drug-likeness (QED) is 0.837. The second kappa shape index (κ2) is 4.93. The number of aromatic nitrogens is 1. The summed E-state index contributed by atoms with van der Waals surface area (Å²) < 4.78 is 13.7. The monoisotopic (exact) mass is 247 g/mol. The zero-order valence-electron chi connectivity index (χ0n) is 9.22. The maximum absolute atomic E-state index is 13.7. The third-order valence-corrected chi connectivity index (χ3v) is 3.01. The van der Waals surface area contributed by atoms with Gasteiger partial charge < -0.3 is 4.90 Å². The van der Waals surface area contributed by atoms with Crippen LogP contribution < -0.4 is 4.90 Å². The molecule has 0 unspecified atom stereocenters. The average Bonchev–Trinajstić information content (AvgIpc) is 2.81. The van der Waals surface area contributed by atoms with Crippen molar-refractivity contribution in [1.82, 2.24) is 4.98 Å². The fourth-order valence-electron chi connectivity index (χ4n) is 1.53. The Labute approximate surface area is 103 Å². The molecule has 1 aromatic carbocycles. The Morgan fingerprint density at radius 2 is 2.35 bits per heavy atom. The Balaban J connectivity index is 2.20. The molecule has 2 rings (SSSR count). The summed E-state index contributed by atoms with van der Waals surface area (Å²) in [6.45, 7) is 0.548. The van der Waals surface area contributed by atoms with Gasteiger partial charge in [0.25, 0.3) is 0 Å². The molecule has 0 aliphatic heterocycles. The number of hydrogen-bond acceptors (Lipinski definition) is 4. The van der Waals surface area contributed by atoms with Crippen LogP contribution in [0.2, 0.25) is 0 Å². The van der Waals surface area contributed by atoms with Crippen molar-refractivity contribution in [2.75, 3.05) is 11.9 Å². The Kier molecular flexibility index (Phi) is 3.35. The normalized spacial score (nSPS) is 9.94. The van der Waals surface area contributed by atoms with Gasteiger partial charge in [-0.1, -0.05) is 0 Å². The largest absolute Gasteiger partial charge is 0.366 e. The van der Waals surface area contributed by atoms with E-state index in [1.807, 2.05) is 11.4 Å². The summed E-state index contributed by atoms with van der Waals surface area (Å²) in [5, 5.41) is 10.6. The van der Waals surface area contributed by atoms with Gasteiger partial charge in [-0.25, -0.2) is 9.37 Å². The summed E-state index contributed by atoms with van der Waals surface area (Å²) >= 11 is 1.51. The highest BCUT2D eigenvalue weighted by atomic mass is 32.1. The summed E-state index contributed by atoms with van der Waals surface area (Å²) in [6, 6.07) is 6.37. The van der Waals surface area contributed by atoms with Gasteiger partial charge in [-0.2, -0.15) is 5.26 Å². The molecule has 0 N–H and O–H groups in total. The minimum atomic E-state index is -0.387. The number of thiazole rings is 1. The molecular formula is C12H10FN3S. The van der Waals surface area contributed by atoms with E-state index in [-0.39, 0.29) is 5.82 Å². The summed E-state index contributed by atoms with van der Waals surface area (Å²) in [6.07, 6.45) is 0. The molecule has 0 atom stereocenters. The first-order valence-electron chi connectivity index (χ1n) is 4.98. The van der Waals surface area contributed by atoms with E-state index in [2.05, 4.69) is 4.98 Å². The van der Waals surface area contributed by atoms with Gasteiger partial charge in [0.15, 0.2) is 0 Å². The minimum absolute atomic E-state index is 0.327. The van der Waals surface area contributed by atoms with Crippen LogP contribution in [0.5, 0.6) is 0 Å². The van der Waals surface area contributed by atoms with Gasteiger partial charge in [-0.3, -0.25) is 0 Å². The summed E-state index contributed by atoms with van der Waals surface area (Å²) in [5.41, 5.74) is 3.45. The molecule has 0 bridgehead atoms. The van der Waals surface area contributed by atoms with Crippen LogP contribution in [0.25, 0.3) is 0 Å². The number of rotatable bonds is 3. The summed E-state index contributed by atoms with van der Waals surface area (Å²) in [4.78, 5) is 5.92. The highest BCUT2D eigenvalue weighted by Gasteiger charge is 2.09. The van der Waals surface area contributed by atoms with Crippen LogP contribution in [0.4, 0.5) is 10.1 Å². The number of nitriles is 1. The zero-order chi connectivity index (χ0) is 12.3. The summed E-state index contributed by atoms with van der Waals surface area (Å²) in [7, 11) is 1.80. The zero-order valence-corrected chi connectivity index (χ0v) is 10.0. The van der Waals surface area contributed by atoms with Crippen molar-refractivity contribution in [3.63, 3.8) is 0 Å². The number of halogens is 1. The first kappa shape index (κ1) is 11.6. The maximum atomic E-state index is 13.7. The van der Waals surface area contributed by atoms with Crippen molar-refractivity contribution in [1.29, 1.82) is 5.26 Å². The molecule has 0 saturated carbocycles. The predicted molar refractivity (Wildman–Crippen MR) is 65.3 cm³/mol. The number of anilines is 1. The second-order valence-electron chi connectivity index (χ2n) is 3.61. The number of benzene rings is 1. The van der Waals surface area contributed by atoms with Gasteiger partial charge >= 0.3 is 0 Å². The van der Waals surface area contributed by atoms with E-state index in [1.54, 1.807) is 29.6 Å². The molecule has 0 aliphatic carbocycles. The van der Waals surface area contributed by atoms with Crippen LogP contribution in [0.3, 0.4) is 0 Å². The van der Waals surface area contributed by atoms with Crippen molar-refractivity contribution in [2.45, 2.75) is 6.54 Å². The van der Waals surface area contributed by atoms with Crippen molar-refractivity contribution in [3.05, 3.63) is 46.2 Å². The smallest absolute Gasteiger partial charge is 0.147 e. The predicted octanol–water partition coefficient (Wildman–Crippen LogP) is 2.79. The molecule has 86 valence electrons. The Morgan fingerprint density at radius 3 is 2.94 bits per heavy atom. The van der Waals surface area contributed by atoms with E-state index in [0.29, 0.717) is 17.8 Å². The molecule has 0 amide bonds. The van der Waals surface area contributed by atoms with E-state index in [9.17, 15) is 4.39 Å². The molecule has 0 spiro atoms. The number of hydrogen-bond donors (Lipinski definition) is 0. The van der Waals surface area contributed by atoms with E-state index in [0.717, 1.165) is 5.69 Å². The molecule has 3 nitrogen and oxygen atoms in total. The van der Waals surface area contributed by atoms with Crippen LogP contribution in [0.1, 0.15) is 11.3 Å². The molecule has 0 saturated heterocycles. The van der Waals surface area contributed by atoms with E-state index >= 15 is 0 Å². The third kappa shape index (κ3) is 2.60. The van der Waals surface area contributed by atoms with Gasteiger partial charge in [0, 0.05) is 12.4 Å². The SMILES string of the molecule is CN(Cc1cscn1)c1ccc(C#N)cc1F. The molecule has 1 aromatic heterocycles. The molecule has 17 heavy (non-hydrogen) atoms.